The Morgan fingerprint density at radius 2 is 1.35 bits per heavy atom. The van der Waals surface area contributed by atoms with Crippen LogP contribution in [0.2, 0.25) is 0 Å². The second-order valence-electron chi connectivity index (χ2n) is 3.02. The summed E-state index contributed by atoms with van der Waals surface area (Å²) in [6, 6.07) is 8.20. The van der Waals surface area contributed by atoms with Crippen LogP contribution in [0.15, 0.2) is 59.2 Å². The summed E-state index contributed by atoms with van der Waals surface area (Å²) in [4.78, 5) is 0.287. The van der Waals surface area contributed by atoms with Gasteiger partial charge in [0, 0.05) is 17.1 Å². The SMILES string of the molecule is C=CS(=O)(=O)c1ccccc1.C=CS(C)(=O)=O. The molecule has 0 aliphatic rings. The van der Waals surface area contributed by atoms with Gasteiger partial charge >= 0.3 is 0 Å². The van der Waals surface area contributed by atoms with E-state index >= 15 is 0 Å². The monoisotopic (exact) mass is 274 g/mol. The van der Waals surface area contributed by atoms with E-state index in [0.717, 1.165) is 17.1 Å². The Balaban J connectivity index is 0.000000366. The smallest absolute Gasteiger partial charge is 0.199 e. The van der Waals surface area contributed by atoms with E-state index in [1.165, 1.54) is 12.1 Å². The fourth-order valence-corrected chi connectivity index (χ4v) is 1.44. The fraction of sp³-hybridized carbons (Fsp3) is 0.0909. The summed E-state index contributed by atoms with van der Waals surface area (Å²) in [5, 5.41) is 1.86. The minimum Gasteiger partial charge on any atom is -0.225 e. The molecule has 1 rings (SSSR count). The molecule has 1 aromatic carbocycles. The van der Waals surface area contributed by atoms with Crippen molar-refractivity contribution in [3.05, 3.63) is 54.3 Å². The van der Waals surface area contributed by atoms with E-state index in [-0.39, 0.29) is 4.90 Å². The molecule has 6 heteroatoms. The minimum atomic E-state index is -3.23. The van der Waals surface area contributed by atoms with Gasteiger partial charge in [0.05, 0.1) is 4.90 Å². The van der Waals surface area contributed by atoms with Crippen LogP contribution in [0.1, 0.15) is 0 Å². The van der Waals surface area contributed by atoms with E-state index in [0.29, 0.717) is 0 Å². The standard InChI is InChI=1S/C8H8O2S.C3H6O2S/c1-2-11(9,10)8-6-4-3-5-7-8;1-3-6(2,4)5/h2-7H,1H2;3H,1H2,2H3. The third kappa shape index (κ3) is 6.70. The summed E-state index contributed by atoms with van der Waals surface area (Å²) in [5.41, 5.74) is 0. The van der Waals surface area contributed by atoms with E-state index in [2.05, 4.69) is 13.2 Å². The van der Waals surface area contributed by atoms with Gasteiger partial charge in [-0.3, -0.25) is 0 Å². The number of rotatable bonds is 3. The maximum atomic E-state index is 11.1. The van der Waals surface area contributed by atoms with Crippen LogP contribution in [0.5, 0.6) is 0 Å². The van der Waals surface area contributed by atoms with Crippen LogP contribution in [0.4, 0.5) is 0 Å². The number of hydrogen-bond acceptors (Lipinski definition) is 4. The lowest BCUT2D eigenvalue weighted by atomic mass is 10.4. The Labute approximate surface area is 102 Å². The zero-order valence-corrected chi connectivity index (χ0v) is 11.0. The van der Waals surface area contributed by atoms with Crippen LogP contribution in [0.3, 0.4) is 0 Å². The molecule has 0 radical (unpaired) electrons. The molecule has 0 heterocycles. The molecule has 94 valence electrons. The molecule has 0 saturated heterocycles. The molecule has 4 nitrogen and oxygen atoms in total. The molecule has 0 saturated carbocycles. The van der Waals surface area contributed by atoms with E-state index in [9.17, 15) is 16.8 Å². The number of hydrogen-bond donors (Lipinski definition) is 0. The Hall–Kier alpha value is -1.40. The number of benzene rings is 1. The summed E-state index contributed by atoms with van der Waals surface area (Å²) in [6.07, 6.45) is 1.10. The van der Waals surface area contributed by atoms with Crippen molar-refractivity contribution in [2.45, 2.75) is 4.90 Å². The lowest BCUT2D eigenvalue weighted by Crippen LogP contribution is -1.93. The largest absolute Gasteiger partial charge is 0.225 e. The average molecular weight is 274 g/mol. The molecule has 1 aromatic rings. The molecular formula is C11H14O4S2. The van der Waals surface area contributed by atoms with Crippen molar-refractivity contribution in [1.29, 1.82) is 0 Å². The van der Waals surface area contributed by atoms with Crippen molar-refractivity contribution < 1.29 is 16.8 Å². The van der Waals surface area contributed by atoms with Gasteiger partial charge in [0.15, 0.2) is 19.7 Å². The molecular weight excluding hydrogens is 260 g/mol. The molecule has 0 N–H and O–H groups in total. The third-order valence-corrected chi connectivity index (χ3v) is 3.57. The molecule has 0 atom stereocenters. The van der Waals surface area contributed by atoms with Crippen molar-refractivity contribution in [2.24, 2.45) is 0 Å². The van der Waals surface area contributed by atoms with Gasteiger partial charge in [0.25, 0.3) is 0 Å². The summed E-state index contributed by atoms with van der Waals surface area (Å²) >= 11 is 0. The zero-order valence-electron chi connectivity index (χ0n) is 9.41. The Bertz CT molecular complexity index is 558. The maximum absolute atomic E-state index is 11.1. The summed E-state index contributed by atoms with van der Waals surface area (Å²) < 4.78 is 41.9. The van der Waals surface area contributed by atoms with Gasteiger partial charge in [0.2, 0.25) is 0 Å². The molecule has 0 unspecified atom stereocenters. The lowest BCUT2D eigenvalue weighted by Gasteiger charge is -1.95. The molecule has 0 amide bonds. The van der Waals surface area contributed by atoms with Crippen molar-refractivity contribution in [2.75, 3.05) is 6.26 Å². The predicted molar refractivity (Wildman–Crippen MR) is 68.9 cm³/mol. The van der Waals surface area contributed by atoms with Gasteiger partial charge in [-0.2, -0.15) is 0 Å². The summed E-state index contributed by atoms with van der Waals surface area (Å²) in [6.45, 7) is 6.26. The van der Waals surface area contributed by atoms with Crippen LogP contribution >= 0.6 is 0 Å². The fourth-order valence-electron chi connectivity index (χ4n) is 0.706. The molecule has 0 spiro atoms. The first kappa shape index (κ1) is 15.6. The van der Waals surface area contributed by atoms with Crippen LogP contribution < -0.4 is 0 Å². The summed E-state index contributed by atoms with van der Waals surface area (Å²) in [5.74, 6) is 0. The maximum Gasteiger partial charge on any atom is 0.199 e. The van der Waals surface area contributed by atoms with Crippen LogP contribution in [0, 0.1) is 0 Å². The quantitative estimate of drug-likeness (QED) is 0.842. The normalized spacial score (nSPS) is 10.9. The average Bonchev–Trinajstić information content (AvgIpc) is 2.30. The first-order chi connectivity index (χ1) is 7.73. The predicted octanol–water partition coefficient (Wildman–Crippen LogP) is 1.78. The van der Waals surface area contributed by atoms with E-state index < -0.39 is 19.7 Å². The highest BCUT2D eigenvalue weighted by molar-refractivity contribution is 7.94. The Kier molecular flexibility index (Phi) is 5.84. The highest BCUT2D eigenvalue weighted by atomic mass is 32.2. The van der Waals surface area contributed by atoms with Crippen molar-refractivity contribution in [3.63, 3.8) is 0 Å². The van der Waals surface area contributed by atoms with Gasteiger partial charge in [-0.15, -0.1) is 0 Å². The molecule has 0 aliphatic carbocycles. The molecule has 0 aromatic heterocycles. The van der Waals surface area contributed by atoms with Crippen LogP contribution in [0.25, 0.3) is 0 Å². The first-order valence-corrected chi connectivity index (χ1v) is 7.98. The minimum absolute atomic E-state index is 0.287. The highest BCUT2D eigenvalue weighted by Gasteiger charge is 2.06. The molecule has 0 aliphatic heterocycles. The zero-order chi connectivity index (χ0) is 13.5. The molecule has 17 heavy (non-hydrogen) atoms. The molecule has 0 fully saturated rings. The van der Waals surface area contributed by atoms with E-state index in [1.807, 2.05) is 0 Å². The summed E-state index contributed by atoms with van der Waals surface area (Å²) in [7, 11) is -6.13. The van der Waals surface area contributed by atoms with Crippen molar-refractivity contribution in [3.8, 4) is 0 Å². The van der Waals surface area contributed by atoms with Crippen molar-refractivity contribution >= 4 is 19.7 Å². The van der Waals surface area contributed by atoms with Crippen LogP contribution in [-0.4, -0.2) is 23.1 Å². The third-order valence-electron chi connectivity index (χ3n) is 1.59. The van der Waals surface area contributed by atoms with E-state index in [1.54, 1.807) is 18.2 Å². The Morgan fingerprint density at radius 1 is 0.941 bits per heavy atom. The second-order valence-corrected chi connectivity index (χ2v) is 6.91. The lowest BCUT2D eigenvalue weighted by molar-refractivity contribution is 0.604. The number of sulfone groups is 2. The highest BCUT2D eigenvalue weighted by Crippen LogP contribution is 2.09. The van der Waals surface area contributed by atoms with Crippen LogP contribution in [-0.2, 0) is 19.7 Å². The van der Waals surface area contributed by atoms with Gasteiger partial charge in [-0.1, -0.05) is 31.4 Å². The van der Waals surface area contributed by atoms with Gasteiger partial charge in [0.1, 0.15) is 0 Å². The van der Waals surface area contributed by atoms with Gasteiger partial charge in [-0.05, 0) is 12.1 Å². The Morgan fingerprint density at radius 3 is 1.65 bits per heavy atom. The van der Waals surface area contributed by atoms with E-state index in [4.69, 9.17) is 0 Å². The van der Waals surface area contributed by atoms with Gasteiger partial charge < -0.3 is 0 Å². The topological polar surface area (TPSA) is 68.3 Å². The van der Waals surface area contributed by atoms with Crippen molar-refractivity contribution in [1.82, 2.24) is 0 Å². The second kappa shape index (κ2) is 6.36. The molecule has 0 bridgehead atoms. The first-order valence-electron chi connectivity index (χ1n) is 4.48. The van der Waals surface area contributed by atoms with Gasteiger partial charge in [-0.25, -0.2) is 16.8 Å².